The third kappa shape index (κ3) is 5.29. The molecule has 2 aromatic rings. The first kappa shape index (κ1) is 15.7. The van der Waals surface area contributed by atoms with Gasteiger partial charge in [0.05, 0.1) is 12.1 Å². The minimum Gasteiger partial charge on any atom is -0.495 e. The van der Waals surface area contributed by atoms with Gasteiger partial charge in [-0.15, -0.1) is 0 Å². The van der Waals surface area contributed by atoms with Crippen LogP contribution in [0.4, 0.5) is 5.69 Å². The SMILES string of the molecule is COc1ccc(NCCNCCc2ccccc2)cc1Cl. The molecule has 0 unspecified atom stereocenters. The summed E-state index contributed by atoms with van der Waals surface area (Å²) in [6.45, 7) is 2.75. The van der Waals surface area contributed by atoms with E-state index < -0.39 is 0 Å². The van der Waals surface area contributed by atoms with Gasteiger partial charge < -0.3 is 15.4 Å². The number of halogens is 1. The Bertz CT molecular complexity index is 546. The van der Waals surface area contributed by atoms with E-state index in [1.54, 1.807) is 7.11 Å². The van der Waals surface area contributed by atoms with E-state index in [0.717, 1.165) is 31.7 Å². The maximum absolute atomic E-state index is 6.08. The standard InChI is InChI=1S/C17H21ClN2O/c1-21-17-8-7-15(13-16(17)18)20-12-11-19-10-9-14-5-3-2-4-6-14/h2-8,13,19-20H,9-12H2,1H3. The summed E-state index contributed by atoms with van der Waals surface area (Å²) in [5.41, 5.74) is 2.37. The molecule has 0 saturated heterocycles. The van der Waals surface area contributed by atoms with Crippen LogP contribution in [0.25, 0.3) is 0 Å². The zero-order chi connectivity index (χ0) is 14.9. The van der Waals surface area contributed by atoms with E-state index in [9.17, 15) is 0 Å². The lowest BCUT2D eigenvalue weighted by Crippen LogP contribution is -2.24. The van der Waals surface area contributed by atoms with Crippen molar-refractivity contribution in [1.29, 1.82) is 0 Å². The van der Waals surface area contributed by atoms with E-state index >= 15 is 0 Å². The molecule has 112 valence electrons. The number of ether oxygens (including phenoxy) is 1. The van der Waals surface area contributed by atoms with Crippen LogP contribution >= 0.6 is 11.6 Å². The Labute approximate surface area is 131 Å². The van der Waals surface area contributed by atoms with Gasteiger partial charge in [0.25, 0.3) is 0 Å². The van der Waals surface area contributed by atoms with Crippen LogP contribution in [0.15, 0.2) is 48.5 Å². The summed E-state index contributed by atoms with van der Waals surface area (Å²) in [6.07, 6.45) is 1.05. The van der Waals surface area contributed by atoms with Gasteiger partial charge in [0.2, 0.25) is 0 Å². The van der Waals surface area contributed by atoms with Crippen LogP contribution in [-0.4, -0.2) is 26.7 Å². The molecule has 0 spiro atoms. The molecule has 0 amide bonds. The smallest absolute Gasteiger partial charge is 0.137 e. The van der Waals surface area contributed by atoms with Crippen molar-refractivity contribution in [3.8, 4) is 5.75 Å². The lowest BCUT2D eigenvalue weighted by Gasteiger charge is -2.10. The number of hydrogen-bond acceptors (Lipinski definition) is 3. The maximum atomic E-state index is 6.08. The molecule has 0 saturated carbocycles. The van der Waals surface area contributed by atoms with Gasteiger partial charge in [-0.25, -0.2) is 0 Å². The summed E-state index contributed by atoms with van der Waals surface area (Å²) in [6, 6.07) is 16.2. The van der Waals surface area contributed by atoms with E-state index in [1.165, 1.54) is 5.56 Å². The molecule has 0 atom stereocenters. The molecule has 0 fully saturated rings. The Balaban J connectivity index is 1.62. The Morgan fingerprint density at radius 1 is 1.00 bits per heavy atom. The Kier molecular flexibility index (Phi) is 6.38. The van der Waals surface area contributed by atoms with Gasteiger partial charge in [0, 0.05) is 18.8 Å². The monoisotopic (exact) mass is 304 g/mol. The molecule has 0 aliphatic rings. The normalized spacial score (nSPS) is 10.4. The highest BCUT2D eigenvalue weighted by Gasteiger charge is 2.00. The van der Waals surface area contributed by atoms with Crippen molar-refractivity contribution in [2.75, 3.05) is 32.1 Å². The van der Waals surface area contributed by atoms with Gasteiger partial charge in [0.15, 0.2) is 0 Å². The number of rotatable bonds is 8. The quantitative estimate of drug-likeness (QED) is 0.731. The predicted molar refractivity (Wildman–Crippen MR) is 89.5 cm³/mol. The van der Waals surface area contributed by atoms with Gasteiger partial charge in [-0.1, -0.05) is 41.9 Å². The number of methoxy groups -OCH3 is 1. The molecule has 3 nitrogen and oxygen atoms in total. The van der Waals surface area contributed by atoms with Gasteiger partial charge in [-0.05, 0) is 36.7 Å². The fraction of sp³-hybridized carbons (Fsp3) is 0.294. The first-order chi connectivity index (χ1) is 10.3. The molecule has 0 radical (unpaired) electrons. The second-order valence-corrected chi connectivity index (χ2v) is 5.17. The fourth-order valence-corrected chi connectivity index (χ4v) is 2.33. The van der Waals surface area contributed by atoms with Crippen LogP contribution in [0.2, 0.25) is 5.02 Å². The summed E-state index contributed by atoms with van der Waals surface area (Å²) < 4.78 is 5.13. The van der Waals surface area contributed by atoms with Gasteiger partial charge in [0.1, 0.15) is 5.75 Å². The Morgan fingerprint density at radius 2 is 1.81 bits per heavy atom. The Hall–Kier alpha value is -1.71. The van der Waals surface area contributed by atoms with Crippen molar-refractivity contribution in [2.45, 2.75) is 6.42 Å². The van der Waals surface area contributed by atoms with Gasteiger partial charge in [-0.3, -0.25) is 0 Å². The largest absolute Gasteiger partial charge is 0.495 e. The fourth-order valence-electron chi connectivity index (χ4n) is 2.07. The number of benzene rings is 2. The molecule has 0 heterocycles. The van der Waals surface area contributed by atoms with E-state index in [1.807, 2.05) is 24.3 Å². The Morgan fingerprint density at radius 3 is 2.52 bits per heavy atom. The topological polar surface area (TPSA) is 33.3 Å². The van der Waals surface area contributed by atoms with Crippen molar-refractivity contribution < 1.29 is 4.74 Å². The second-order valence-electron chi connectivity index (χ2n) is 4.76. The average Bonchev–Trinajstić information content (AvgIpc) is 2.52. The summed E-state index contributed by atoms with van der Waals surface area (Å²) in [4.78, 5) is 0. The van der Waals surface area contributed by atoms with Crippen molar-refractivity contribution in [2.24, 2.45) is 0 Å². The van der Waals surface area contributed by atoms with Crippen LogP contribution in [0, 0.1) is 0 Å². The molecular weight excluding hydrogens is 284 g/mol. The first-order valence-electron chi connectivity index (χ1n) is 7.11. The van der Waals surface area contributed by atoms with Gasteiger partial charge in [-0.2, -0.15) is 0 Å². The van der Waals surface area contributed by atoms with E-state index in [2.05, 4.69) is 34.9 Å². The van der Waals surface area contributed by atoms with E-state index in [4.69, 9.17) is 16.3 Å². The van der Waals surface area contributed by atoms with E-state index in [0.29, 0.717) is 10.8 Å². The second kappa shape index (κ2) is 8.55. The van der Waals surface area contributed by atoms with Crippen LogP contribution in [-0.2, 0) is 6.42 Å². The molecule has 2 aromatic carbocycles. The molecule has 2 N–H and O–H groups in total. The minimum atomic E-state index is 0.625. The molecule has 0 bridgehead atoms. The number of nitrogens with one attached hydrogen (secondary N) is 2. The summed E-state index contributed by atoms with van der Waals surface area (Å²) in [5, 5.41) is 7.38. The summed E-state index contributed by atoms with van der Waals surface area (Å²) >= 11 is 6.08. The third-order valence-electron chi connectivity index (χ3n) is 3.22. The molecule has 21 heavy (non-hydrogen) atoms. The molecule has 0 aliphatic carbocycles. The van der Waals surface area contributed by atoms with Crippen LogP contribution < -0.4 is 15.4 Å². The zero-order valence-corrected chi connectivity index (χ0v) is 13.0. The van der Waals surface area contributed by atoms with Crippen LogP contribution in [0.5, 0.6) is 5.75 Å². The first-order valence-corrected chi connectivity index (χ1v) is 7.49. The van der Waals surface area contributed by atoms with Crippen LogP contribution in [0.1, 0.15) is 5.56 Å². The lowest BCUT2D eigenvalue weighted by molar-refractivity contribution is 0.415. The number of anilines is 1. The lowest BCUT2D eigenvalue weighted by atomic mass is 10.1. The number of hydrogen-bond donors (Lipinski definition) is 2. The summed E-state index contributed by atoms with van der Waals surface area (Å²) in [7, 11) is 1.62. The average molecular weight is 305 g/mol. The molecule has 4 heteroatoms. The molecule has 2 rings (SSSR count). The third-order valence-corrected chi connectivity index (χ3v) is 3.51. The van der Waals surface area contributed by atoms with Crippen molar-refractivity contribution in [3.05, 3.63) is 59.1 Å². The van der Waals surface area contributed by atoms with Crippen LogP contribution in [0.3, 0.4) is 0 Å². The zero-order valence-electron chi connectivity index (χ0n) is 12.2. The summed E-state index contributed by atoms with van der Waals surface area (Å²) in [5.74, 6) is 0.697. The molecule has 0 aromatic heterocycles. The highest BCUT2D eigenvalue weighted by atomic mass is 35.5. The highest BCUT2D eigenvalue weighted by Crippen LogP contribution is 2.26. The van der Waals surface area contributed by atoms with Crippen molar-refractivity contribution in [3.63, 3.8) is 0 Å². The van der Waals surface area contributed by atoms with Gasteiger partial charge >= 0.3 is 0 Å². The van der Waals surface area contributed by atoms with E-state index in [-0.39, 0.29) is 0 Å². The maximum Gasteiger partial charge on any atom is 0.137 e. The predicted octanol–water partition coefficient (Wildman–Crippen LogP) is 3.59. The highest BCUT2D eigenvalue weighted by molar-refractivity contribution is 6.32. The molecule has 0 aliphatic heterocycles. The minimum absolute atomic E-state index is 0.625. The van der Waals surface area contributed by atoms with Crippen molar-refractivity contribution >= 4 is 17.3 Å². The molecular formula is C17H21ClN2O. The van der Waals surface area contributed by atoms with Crippen molar-refractivity contribution in [1.82, 2.24) is 5.32 Å².